The highest BCUT2D eigenvalue weighted by molar-refractivity contribution is 5.98. The molecule has 0 fully saturated rings. The largest absolute Gasteiger partial charge is 0.384 e. The predicted octanol–water partition coefficient (Wildman–Crippen LogP) is 1.73. The standard InChI is InChI=1S/C13H17N5/c1-4-10-8(2)17-18(9(10)3)12-7-16-6-5-11(12)13(14)15/h5-7H,4H2,1-3H3,(H3,14,15). The van der Waals surface area contributed by atoms with Crippen LogP contribution in [0.5, 0.6) is 0 Å². The van der Waals surface area contributed by atoms with E-state index in [0.717, 1.165) is 23.5 Å². The molecule has 0 aliphatic heterocycles. The molecule has 0 bridgehead atoms. The summed E-state index contributed by atoms with van der Waals surface area (Å²) in [6, 6.07) is 1.74. The van der Waals surface area contributed by atoms with Crippen molar-refractivity contribution < 1.29 is 0 Å². The Hall–Kier alpha value is -2.17. The summed E-state index contributed by atoms with van der Waals surface area (Å²) in [7, 11) is 0. The van der Waals surface area contributed by atoms with Crippen LogP contribution in [0.3, 0.4) is 0 Å². The number of nitrogen functional groups attached to an aromatic ring is 1. The number of hydrogen-bond donors (Lipinski definition) is 2. The summed E-state index contributed by atoms with van der Waals surface area (Å²) in [4.78, 5) is 4.10. The van der Waals surface area contributed by atoms with Gasteiger partial charge in [-0.2, -0.15) is 5.10 Å². The van der Waals surface area contributed by atoms with Gasteiger partial charge in [-0.25, -0.2) is 4.68 Å². The van der Waals surface area contributed by atoms with Crippen molar-refractivity contribution in [2.24, 2.45) is 5.73 Å². The quantitative estimate of drug-likeness (QED) is 0.636. The summed E-state index contributed by atoms with van der Waals surface area (Å²) in [6.07, 6.45) is 4.26. The molecule has 2 aromatic heterocycles. The van der Waals surface area contributed by atoms with E-state index < -0.39 is 0 Å². The third-order valence-corrected chi connectivity index (χ3v) is 3.11. The van der Waals surface area contributed by atoms with Crippen molar-refractivity contribution in [2.45, 2.75) is 27.2 Å². The van der Waals surface area contributed by atoms with Gasteiger partial charge < -0.3 is 5.73 Å². The molecule has 5 heteroatoms. The molecule has 0 radical (unpaired) electrons. The first-order valence-corrected chi connectivity index (χ1v) is 5.90. The van der Waals surface area contributed by atoms with Gasteiger partial charge in [0.1, 0.15) is 5.84 Å². The van der Waals surface area contributed by atoms with Gasteiger partial charge in [0.25, 0.3) is 0 Å². The lowest BCUT2D eigenvalue weighted by molar-refractivity contribution is 0.825. The summed E-state index contributed by atoms with van der Waals surface area (Å²) in [5.41, 5.74) is 10.3. The molecule has 0 aliphatic carbocycles. The van der Waals surface area contributed by atoms with Gasteiger partial charge in [0.2, 0.25) is 0 Å². The first kappa shape index (κ1) is 12.3. The molecule has 18 heavy (non-hydrogen) atoms. The SMILES string of the molecule is CCc1c(C)nn(-c2cnccc2C(=N)N)c1C. The normalized spacial score (nSPS) is 10.6. The van der Waals surface area contributed by atoms with E-state index in [4.69, 9.17) is 11.1 Å². The number of hydrogen-bond acceptors (Lipinski definition) is 3. The Morgan fingerprint density at radius 1 is 1.44 bits per heavy atom. The highest BCUT2D eigenvalue weighted by atomic mass is 15.3. The van der Waals surface area contributed by atoms with Crippen LogP contribution in [0, 0.1) is 19.3 Å². The summed E-state index contributed by atoms with van der Waals surface area (Å²) < 4.78 is 1.82. The molecule has 2 aromatic rings. The summed E-state index contributed by atoms with van der Waals surface area (Å²) in [5, 5.41) is 12.1. The number of amidine groups is 1. The second-order valence-electron chi connectivity index (χ2n) is 4.22. The molecule has 0 saturated carbocycles. The van der Waals surface area contributed by atoms with Crippen molar-refractivity contribution in [3.05, 3.63) is 41.0 Å². The summed E-state index contributed by atoms with van der Waals surface area (Å²) in [6.45, 7) is 6.12. The third kappa shape index (κ3) is 1.88. The summed E-state index contributed by atoms with van der Waals surface area (Å²) in [5.74, 6) is 0.0259. The first-order chi connectivity index (χ1) is 8.56. The van der Waals surface area contributed by atoms with Crippen LogP contribution in [-0.4, -0.2) is 20.6 Å². The van der Waals surface area contributed by atoms with Crippen LogP contribution in [0.2, 0.25) is 0 Å². The van der Waals surface area contributed by atoms with E-state index in [1.807, 2.05) is 18.5 Å². The van der Waals surface area contributed by atoms with Crippen LogP contribution in [-0.2, 0) is 6.42 Å². The van der Waals surface area contributed by atoms with E-state index in [0.29, 0.717) is 5.56 Å². The van der Waals surface area contributed by atoms with Crippen LogP contribution in [0.4, 0.5) is 0 Å². The number of aromatic nitrogens is 3. The lowest BCUT2D eigenvalue weighted by Crippen LogP contribution is -2.16. The van der Waals surface area contributed by atoms with Crippen LogP contribution < -0.4 is 5.73 Å². The monoisotopic (exact) mass is 243 g/mol. The lowest BCUT2D eigenvalue weighted by Gasteiger charge is -2.09. The van der Waals surface area contributed by atoms with Crippen molar-refractivity contribution in [3.63, 3.8) is 0 Å². The molecule has 0 amide bonds. The zero-order valence-electron chi connectivity index (χ0n) is 10.9. The molecule has 0 aliphatic rings. The van der Waals surface area contributed by atoms with Crippen molar-refractivity contribution >= 4 is 5.84 Å². The Bertz CT molecular complexity index is 597. The number of rotatable bonds is 3. The minimum Gasteiger partial charge on any atom is -0.384 e. The highest BCUT2D eigenvalue weighted by Gasteiger charge is 2.14. The van der Waals surface area contributed by atoms with E-state index in [1.165, 1.54) is 5.56 Å². The molecule has 0 aromatic carbocycles. The minimum atomic E-state index is 0.0259. The molecule has 94 valence electrons. The van der Waals surface area contributed by atoms with Gasteiger partial charge in [0, 0.05) is 17.5 Å². The molecule has 3 N–H and O–H groups in total. The Labute approximate surface area is 106 Å². The first-order valence-electron chi connectivity index (χ1n) is 5.90. The van der Waals surface area contributed by atoms with E-state index >= 15 is 0 Å². The number of nitrogens with zero attached hydrogens (tertiary/aromatic N) is 3. The maximum absolute atomic E-state index is 7.61. The predicted molar refractivity (Wildman–Crippen MR) is 71.2 cm³/mol. The molecule has 5 nitrogen and oxygen atoms in total. The van der Waals surface area contributed by atoms with E-state index in [1.54, 1.807) is 18.5 Å². The Morgan fingerprint density at radius 2 is 2.17 bits per heavy atom. The fraction of sp³-hybridized carbons (Fsp3) is 0.308. The molecular weight excluding hydrogens is 226 g/mol. The molecule has 0 spiro atoms. The zero-order valence-corrected chi connectivity index (χ0v) is 10.9. The second kappa shape index (κ2) is 4.60. The van der Waals surface area contributed by atoms with E-state index in [2.05, 4.69) is 17.0 Å². The van der Waals surface area contributed by atoms with E-state index in [-0.39, 0.29) is 5.84 Å². The fourth-order valence-electron chi connectivity index (χ4n) is 2.20. The third-order valence-electron chi connectivity index (χ3n) is 3.11. The molecule has 2 heterocycles. The molecule has 0 unspecified atom stereocenters. The van der Waals surface area contributed by atoms with Crippen LogP contribution in [0.15, 0.2) is 18.5 Å². The molecule has 2 rings (SSSR count). The van der Waals surface area contributed by atoms with Crippen LogP contribution >= 0.6 is 0 Å². The minimum absolute atomic E-state index is 0.0259. The van der Waals surface area contributed by atoms with Crippen LogP contribution in [0.25, 0.3) is 5.69 Å². The number of aryl methyl sites for hydroxylation is 1. The Morgan fingerprint density at radius 3 is 2.72 bits per heavy atom. The highest BCUT2D eigenvalue weighted by Crippen LogP contribution is 2.20. The van der Waals surface area contributed by atoms with Crippen LogP contribution in [0.1, 0.15) is 29.4 Å². The molecule has 0 atom stereocenters. The maximum atomic E-state index is 7.61. The van der Waals surface area contributed by atoms with Gasteiger partial charge in [-0.15, -0.1) is 0 Å². The zero-order chi connectivity index (χ0) is 13.3. The van der Waals surface area contributed by atoms with Gasteiger partial charge in [0.05, 0.1) is 17.6 Å². The van der Waals surface area contributed by atoms with Gasteiger partial charge >= 0.3 is 0 Å². The maximum Gasteiger partial charge on any atom is 0.125 e. The second-order valence-corrected chi connectivity index (χ2v) is 4.22. The van der Waals surface area contributed by atoms with Gasteiger partial charge in [0.15, 0.2) is 0 Å². The van der Waals surface area contributed by atoms with Gasteiger partial charge in [-0.1, -0.05) is 6.92 Å². The lowest BCUT2D eigenvalue weighted by atomic mass is 10.1. The number of nitrogens with one attached hydrogen (secondary N) is 1. The van der Waals surface area contributed by atoms with Crippen molar-refractivity contribution in [2.75, 3.05) is 0 Å². The Balaban J connectivity index is 2.66. The average Bonchev–Trinajstić information content (AvgIpc) is 2.64. The Kier molecular flexibility index (Phi) is 3.14. The average molecular weight is 243 g/mol. The fourth-order valence-corrected chi connectivity index (χ4v) is 2.20. The van der Waals surface area contributed by atoms with E-state index in [9.17, 15) is 0 Å². The molecular formula is C13H17N5. The number of nitrogens with two attached hydrogens (primary N) is 1. The topological polar surface area (TPSA) is 80.6 Å². The van der Waals surface area contributed by atoms with Crippen molar-refractivity contribution in [1.82, 2.24) is 14.8 Å². The van der Waals surface area contributed by atoms with Crippen molar-refractivity contribution in [1.29, 1.82) is 5.41 Å². The van der Waals surface area contributed by atoms with Crippen molar-refractivity contribution in [3.8, 4) is 5.69 Å². The molecule has 0 saturated heterocycles. The number of pyridine rings is 1. The summed E-state index contributed by atoms with van der Waals surface area (Å²) >= 11 is 0. The van der Waals surface area contributed by atoms with Gasteiger partial charge in [-0.05, 0) is 31.9 Å². The van der Waals surface area contributed by atoms with Gasteiger partial charge in [-0.3, -0.25) is 10.4 Å². The smallest absolute Gasteiger partial charge is 0.125 e.